The first-order valence-electron chi connectivity index (χ1n) is 9.05. The normalized spacial score (nSPS) is 19.0. The molecule has 0 bridgehead atoms. The van der Waals surface area contributed by atoms with E-state index in [0.29, 0.717) is 17.2 Å². The summed E-state index contributed by atoms with van der Waals surface area (Å²) in [4.78, 5) is 20.4. The summed E-state index contributed by atoms with van der Waals surface area (Å²) in [5, 5.41) is 0. The molecular formula is C22H17FN2O2. The van der Waals surface area contributed by atoms with Crippen LogP contribution in [0.5, 0.6) is 0 Å². The maximum atomic E-state index is 13.8. The van der Waals surface area contributed by atoms with Crippen molar-refractivity contribution in [3.8, 4) is 22.3 Å². The number of hydrogen-bond donors (Lipinski definition) is 0. The van der Waals surface area contributed by atoms with E-state index in [-0.39, 0.29) is 12.4 Å². The second kappa shape index (κ2) is 6.35. The summed E-state index contributed by atoms with van der Waals surface area (Å²) in [5.74, 6) is 0.162. The standard InChI is InChI=1S/C22H17FN2O2/c23-17-9-18(21(25-11-17)22-20(26)12-27-22)14-3-1-13(2-4-14)16-7-8-19(24-10-16)15-5-6-15/h1-4,7-11,15,22H,5-6,12H2. The Balaban J connectivity index is 1.46. The van der Waals surface area contributed by atoms with Crippen molar-refractivity contribution in [2.75, 3.05) is 6.61 Å². The van der Waals surface area contributed by atoms with E-state index in [1.165, 1.54) is 18.9 Å². The van der Waals surface area contributed by atoms with Crippen molar-refractivity contribution < 1.29 is 13.9 Å². The monoisotopic (exact) mass is 360 g/mol. The zero-order valence-corrected chi connectivity index (χ0v) is 14.6. The van der Waals surface area contributed by atoms with E-state index in [2.05, 4.69) is 22.1 Å². The van der Waals surface area contributed by atoms with Crippen LogP contribution in [-0.2, 0) is 9.53 Å². The summed E-state index contributed by atoms with van der Waals surface area (Å²) >= 11 is 0. The minimum absolute atomic E-state index is 0.0335. The van der Waals surface area contributed by atoms with Gasteiger partial charge in [0.1, 0.15) is 12.4 Å². The molecule has 2 aliphatic rings. The van der Waals surface area contributed by atoms with Gasteiger partial charge in [-0.2, -0.15) is 0 Å². The second-order valence-corrected chi connectivity index (χ2v) is 7.07. The number of hydrogen-bond acceptors (Lipinski definition) is 4. The molecule has 1 aromatic carbocycles. The molecule has 1 atom stereocenters. The Labute approximate surface area is 156 Å². The molecule has 1 saturated heterocycles. The molecule has 134 valence electrons. The predicted molar refractivity (Wildman–Crippen MR) is 98.5 cm³/mol. The van der Waals surface area contributed by atoms with Crippen molar-refractivity contribution in [3.05, 3.63) is 72.1 Å². The average Bonchev–Trinajstić information content (AvgIpc) is 3.54. The van der Waals surface area contributed by atoms with Crippen LogP contribution in [0.15, 0.2) is 54.9 Å². The SMILES string of the molecule is O=C1COC1c1ncc(F)cc1-c1ccc(-c2ccc(C3CC3)nc2)cc1. The van der Waals surface area contributed by atoms with Crippen LogP contribution in [0.25, 0.3) is 22.3 Å². The Hall–Kier alpha value is -2.92. The van der Waals surface area contributed by atoms with Crippen LogP contribution in [0.3, 0.4) is 0 Å². The van der Waals surface area contributed by atoms with E-state index in [1.807, 2.05) is 30.5 Å². The topological polar surface area (TPSA) is 52.1 Å². The highest BCUT2D eigenvalue weighted by molar-refractivity contribution is 5.91. The molecule has 3 aromatic rings. The maximum absolute atomic E-state index is 13.8. The Morgan fingerprint density at radius 3 is 2.26 bits per heavy atom. The number of nitrogens with zero attached hydrogens (tertiary/aromatic N) is 2. The van der Waals surface area contributed by atoms with Gasteiger partial charge in [-0.15, -0.1) is 0 Å². The summed E-state index contributed by atoms with van der Waals surface area (Å²) in [5.41, 5.74) is 5.09. The molecule has 5 heteroatoms. The predicted octanol–water partition coefficient (Wildman–Crippen LogP) is 4.47. The van der Waals surface area contributed by atoms with Crippen molar-refractivity contribution in [3.63, 3.8) is 0 Å². The molecular weight excluding hydrogens is 343 g/mol. The Morgan fingerprint density at radius 1 is 0.926 bits per heavy atom. The number of Topliss-reactive ketones (excluding diaryl/α,β-unsaturated/α-hetero) is 1. The van der Waals surface area contributed by atoms with Gasteiger partial charge in [0.25, 0.3) is 0 Å². The summed E-state index contributed by atoms with van der Waals surface area (Å²) in [6.07, 6.45) is 4.80. The molecule has 0 N–H and O–H groups in total. The van der Waals surface area contributed by atoms with Crippen LogP contribution in [-0.4, -0.2) is 22.4 Å². The van der Waals surface area contributed by atoms with Gasteiger partial charge in [0.05, 0.1) is 11.9 Å². The van der Waals surface area contributed by atoms with Crippen molar-refractivity contribution in [1.82, 2.24) is 9.97 Å². The Morgan fingerprint density at radius 2 is 1.67 bits per heavy atom. The highest BCUT2D eigenvalue weighted by atomic mass is 19.1. The van der Waals surface area contributed by atoms with Gasteiger partial charge in [-0.1, -0.05) is 30.3 Å². The summed E-state index contributed by atoms with van der Waals surface area (Å²) in [6, 6.07) is 13.3. The Bertz CT molecular complexity index is 1010. The molecule has 0 radical (unpaired) electrons. The van der Waals surface area contributed by atoms with Crippen LogP contribution < -0.4 is 0 Å². The van der Waals surface area contributed by atoms with Crippen LogP contribution in [0, 0.1) is 5.82 Å². The molecule has 2 aromatic heterocycles. The van der Waals surface area contributed by atoms with E-state index in [1.54, 1.807) is 0 Å². The lowest BCUT2D eigenvalue weighted by Gasteiger charge is -2.26. The largest absolute Gasteiger partial charge is 0.356 e. The lowest BCUT2D eigenvalue weighted by molar-refractivity contribution is -0.155. The maximum Gasteiger partial charge on any atom is 0.193 e. The number of benzene rings is 1. The third kappa shape index (κ3) is 3.04. The van der Waals surface area contributed by atoms with E-state index < -0.39 is 11.9 Å². The highest BCUT2D eigenvalue weighted by Gasteiger charge is 2.34. The molecule has 5 rings (SSSR count). The first-order chi connectivity index (χ1) is 13.2. The first kappa shape index (κ1) is 16.3. The number of ether oxygens (including phenoxy) is 1. The summed E-state index contributed by atoms with van der Waals surface area (Å²) in [6.45, 7) is 0.0892. The lowest BCUT2D eigenvalue weighted by atomic mass is 9.95. The molecule has 3 heterocycles. The van der Waals surface area contributed by atoms with Crippen LogP contribution in [0.2, 0.25) is 0 Å². The molecule has 1 unspecified atom stereocenters. The quantitative estimate of drug-likeness (QED) is 0.689. The van der Waals surface area contributed by atoms with E-state index in [9.17, 15) is 9.18 Å². The van der Waals surface area contributed by atoms with E-state index in [0.717, 1.165) is 28.6 Å². The van der Waals surface area contributed by atoms with Crippen LogP contribution in [0.1, 0.15) is 36.3 Å². The third-order valence-corrected chi connectivity index (χ3v) is 5.13. The van der Waals surface area contributed by atoms with E-state index >= 15 is 0 Å². The zero-order chi connectivity index (χ0) is 18.4. The molecule has 1 aliphatic heterocycles. The highest BCUT2D eigenvalue weighted by Crippen LogP contribution is 2.39. The molecule has 0 spiro atoms. The molecule has 1 aliphatic carbocycles. The molecule has 4 nitrogen and oxygen atoms in total. The van der Waals surface area contributed by atoms with Gasteiger partial charge >= 0.3 is 0 Å². The minimum Gasteiger partial charge on any atom is -0.356 e. The number of halogens is 1. The number of carbonyl (C=O) groups excluding carboxylic acids is 1. The number of ketones is 1. The number of aromatic nitrogens is 2. The van der Waals surface area contributed by atoms with Gasteiger partial charge in [0.15, 0.2) is 11.9 Å². The Kier molecular flexibility index (Phi) is 3.83. The summed E-state index contributed by atoms with van der Waals surface area (Å²) in [7, 11) is 0. The second-order valence-electron chi connectivity index (χ2n) is 7.07. The van der Waals surface area contributed by atoms with Gasteiger partial charge in [-0.3, -0.25) is 14.8 Å². The third-order valence-electron chi connectivity index (χ3n) is 5.13. The summed E-state index contributed by atoms with van der Waals surface area (Å²) < 4.78 is 19.1. The van der Waals surface area contributed by atoms with Gasteiger partial charge in [0, 0.05) is 28.9 Å². The zero-order valence-electron chi connectivity index (χ0n) is 14.6. The fourth-order valence-corrected chi connectivity index (χ4v) is 3.40. The smallest absolute Gasteiger partial charge is 0.193 e. The van der Waals surface area contributed by atoms with Crippen molar-refractivity contribution in [1.29, 1.82) is 0 Å². The van der Waals surface area contributed by atoms with E-state index in [4.69, 9.17) is 4.74 Å². The number of rotatable bonds is 4. The average molecular weight is 360 g/mol. The fourth-order valence-electron chi connectivity index (χ4n) is 3.40. The number of pyridine rings is 2. The van der Waals surface area contributed by atoms with Crippen LogP contribution in [0.4, 0.5) is 4.39 Å². The molecule has 1 saturated carbocycles. The first-order valence-corrected chi connectivity index (χ1v) is 9.05. The molecule has 0 amide bonds. The molecule has 2 fully saturated rings. The van der Waals surface area contributed by atoms with Gasteiger partial charge in [0.2, 0.25) is 0 Å². The number of carbonyl (C=O) groups is 1. The van der Waals surface area contributed by atoms with Gasteiger partial charge in [-0.25, -0.2) is 4.39 Å². The van der Waals surface area contributed by atoms with Crippen molar-refractivity contribution in [2.24, 2.45) is 0 Å². The molecule has 27 heavy (non-hydrogen) atoms. The van der Waals surface area contributed by atoms with Crippen molar-refractivity contribution >= 4 is 5.78 Å². The van der Waals surface area contributed by atoms with Crippen molar-refractivity contribution in [2.45, 2.75) is 24.9 Å². The fraction of sp³-hybridized carbons (Fsp3) is 0.227. The minimum atomic E-state index is -0.695. The van der Waals surface area contributed by atoms with Gasteiger partial charge in [-0.05, 0) is 36.1 Å². The van der Waals surface area contributed by atoms with Gasteiger partial charge < -0.3 is 4.74 Å². The lowest BCUT2D eigenvalue weighted by Crippen LogP contribution is -2.33. The van der Waals surface area contributed by atoms with Crippen LogP contribution >= 0.6 is 0 Å².